The monoisotopic (exact) mass is 416 g/mol. The SMILES string of the molecule is COC(C[N+](C(N)=O)(c1ccccc1)c1nnc(S(=O)(=O)N(C)C)s1)OC. The zero-order chi connectivity index (χ0) is 20.2. The molecule has 10 nitrogen and oxygen atoms in total. The highest BCUT2D eigenvalue weighted by Gasteiger charge is 2.47. The fourth-order valence-electron chi connectivity index (χ4n) is 2.37. The predicted molar refractivity (Wildman–Crippen MR) is 101 cm³/mol. The van der Waals surface area contributed by atoms with Gasteiger partial charge < -0.3 is 15.2 Å². The summed E-state index contributed by atoms with van der Waals surface area (Å²) in [7, 11) is 1.81. The van der Waals surface area contributed by atoms with Gasteiger partial charge in [-0.15, -0.1) is 9.58 Å². The molecule has 0 spiro atoms. The average molecular weight is 417 g/mol. The number of primary amides is 1. The second-order valence-corrected chi connectivity index (χ2v) is 8.99. The third kappa shape index (κ3) is 4.00. The van der Waals surface area contributed by atoms with Crippen LogP contribution in [0.3, 0.4) is 0 Å². The normalized spacial score (nSPS) is 14.4. The molecular weight excluding hydrogens is 394 g/mol. The van der Waals surface area contributed by atoms with Crippen LogP contribution >= 0.6 is 11.3 Å². The zero-order valence-corrected chi connectivity index (χ0v) is 17.0. The Morgan fingerprint density at radius 3 is 2.30 bits per heavy atom. The standard InChI is InChI=1S/C15H21N5O5S2/c1-19(2)27(22,23)15-18-17-14(26-15)20(13(16)21,10-12(24-3)25-4)11-8-6-5-7-9-11/h5-9,12H,10H2,1-4H3,(H-,16,21)/p+1. The third-order valence-corrected chi connectivity index (χ3v) is 7.14. The van der Waals surface area contributed by atoms with Gasteiger partial charge in [0, 0.05) is 40.4 Å². The van der Waals surface area contributed by atoms with E-state index in [4.69, 9.17) is 15.2 Å². The molecule has 2 N–H and O–H groups in total. The van der Waals surface area contributed by atoms with E-state index in [-0.39, 0.29) is 16.0 Å². The van der Waals surface area contributed by atoms with E-state index in [9.17, 15) is 13.2 Å². The van der Waals surface area contributed by atoms with E-state index in [0.717, 1.165) is 15.6 Å². The number of urea groups is 1. The number of carbonyl (C=O) groups excluding carboxylic acids is 1. The number of para-hydroxylation sites is 1. The van der Waals surface area contributed by atoms with Crippen molar-refractivity contribution in [3.05, 3.63) is 30.3 Å². The van der Waals surface area contributed by atoms with Crippen LogP contribution in [0, 0.1) is 0 Å². The van der Waals surface area contributed by atoms with Crippen LogP contribution in [-0.2, 0) is 19.5 Å². The van der Waals surface area contributed by atoms with Crippen LogP contribution in [0.1, 0.15) is 0 Å². The largest absolute Gasteiger partial charge is 0.426 e. The molecule has 12 heteroatoms. The van der Waals surface area contributed by atoms with Crippen LogP contribution in [-0.4, -0.2) is 70.1 Å². The predicted octanol–water partition coefficient (Wildman–Crippen LogP) is 1.12. The molecule has 148 valence electrons. The molecule has 0 saturated heterocycles. The minimum atomic E-state index is -3.81. The Bertz CT molecular complexity index is 883. The van der Waals surface area contributed by atoms with Crippen molar-refractivity contribution in [1.29, 1.82) is 0 Å². The van der Waals surface area contributed by atoms with Gasteiger partial charge in [0.05, 0.1) is 0 Å². The molecule has 0 saturated carbocycles. The summed E-state index contributed by atoms with van der Waals surface area (Å²) >= 11 is 0.770. The Balaban J connectivity index is 2.70. The summed E-state index contributed by atoms with van der Waals surface area (Å²) in [6.45, 7) is -0.0526. The topological polar surface area (TPSA) is 125 Å². The Labute approximate surface area is 161 Å². The van der Waals surface area contributed by atoms with Crippen LogP contribution in [0.5, 0.6) is 0 Å². The molecule has 1 aromatic carbocycles. The zero-order valence-electron chi connectivity index (χ0n) is 15.4. The van der Waals surface area contributed by atoms with Crippen molar-refractivity contribution in [3.8, 4) is 0 Å². The van der Waals surface area contributed by atoms with Crippen molar-refractivity contribution in [2.45, 2.75) is 10.6 Å². The lowest BCUT2D eigenvalue weighted by Gasteiger charge is -2.32. The summed E-state index contributed by atoms with van der Waals surface area (Å²) in [4.78, 5) is 12.6. The second-order valence-electron chi connectivity index (χ2n) is 5.71. The van der Waals surface area contributed by atoms with E-state index in [1.54, 1.807) is 30.3 Å². The molecule has 0 radical (unpaired) electrons. The number of aromatic nitrogens is 2. The molecular formula is C15H22N5O5S2+. The number of benzene rings is 1. The van der Waals surface area contributed by atoms with Gasteiger partial charge in [0.25, 0.3) is 14.4 Å². The van der Waals surface area contributed by atoms with Gasteiger partial charge in [0.15, 0.2) is 6.54 Å². The maximum Gasteiger partial charge on any atom is 0.426 e. The first-order valence-corrected chi connectivity index (χ1v) is 10.0. The van der Waals surface area contributed by atoms with Gasteiger partial charge >= 0.3 is 11.2 Å². The molecule has 2 amide bonds. The average Bonchev–Trinajstić information content (AvgIpc) is 3.14. The molecule has 1 atom stereocenters. The second kappa shape index (κ2) is 8.37. The maximum atomic E-state index is 12.6. The number of hydrogen-bond donors (Lipinski definition) is 1. The van der Waals surface area contributed by atoms with Crippen LogP contribution in [0.15, 0.2) is 34.7 Å². The molecule has 1 unspecified atom stereocenters. The number of carbonyl (C=O) groups is 1. The van der Waals surface area contributed by atoms with Crippen LogP contribution in [0.4, 0.5) is 15.6 Å². The summed E-state index contributed by atoms with van der Waals surface area (Å²) in [5.41, 5.74) is 6.25. The highest BCUT2D eigenvalue weighted by Crippen LogP contribution is 2.38. The molecule has 0 aliphatic carbocycles. The van der Waals surface area contributed by atoms with Crippen molar-refractivity contribution in [3.63, 3.8) is 0 Å². The number of sulfonamides is 1. The molecule has 2 aromatic rings. The van der Waals surface area contributed by atoms with Gasteiger partial charge in [-0.1, -0.05) is 23.3 Å². The van der Waals surface area contributed by atoms with Crippen molar-refractivity contribution in [2.24, 2.45) is 5.73 Å². The Hall–Kier alpha value is -1.96. The number of ether oxygens (including phenoxy) is 2. The lowest BCUT2D eigenvalue weighted by atomic mass is 10.2. The molecule has 2 rings (SSSR count). The first-order chi connectivity index (χ1) is 12.7. The maximum absolute atomic E-state index is 12.6. The number of methoxy groups -OCH3 is 2. The van der Waals surface area contributed by atoms with E-state index < -0.39 is 26.8 Å². The molecule has 1 heterocycles. The molecule has 1 aromatic heterocycles. The summed E-state index contributed by atoms with van der Waals surface area (Å²) in [6.07, 6.45) is -0.796. The third-order valence-electron chi connectivity index (χ3n) is 3.95. The summed E-state index contributed by atoms with van der Waals surface area (Å²) < 4.78 is 35.4. The fourth-order valence-corrected chi connectivity index (χ4v) is 4.67. The Kier molecular flexibility index (Phi) is 6.62. The Morgan fingerprint density at radius 1 is 1.22 bits per heavy atom. The summed E-state index contributed by atoms with van der Waals surface area (Å²) in [5.74, 6) is 0. The number of quaternary nitrogens is 1. The van der Waals surface area contributed by atoms with Gasteiger partial charge in [-0.3, -0.25) is 0 Å². The quantitative estimate of drug-likeness (QED) is 0.388. The van der Waals surface area contributed by atoms with E-state index in [1.807, 2.05) is 0 Å². The van der Waals surface area contributed by atoms with Gasteiger partial charge in [-0.05, 0) is 11.3 Å². The van der Waals surface area contributed by atoms with E-state index in [2.05, 4.69) is 10.2 Å². The molecule has 27 heavy (non-hydrogen) atoms. The van der Waals surface area contributed by atoms with E-state index in [1.165, 1.54) is 28.3 Å². The van der Waals surface area contributed by atoms with Gasteiger partial charge in [-0.25, -0.2) is 17.5 Å². The number of amides is 2. The van der Waals surface area contributed by atoms with E-state index >= 15 is 0 Å². The van der Waals surface area contributed by atoms with Gasteiger partial charge in [0.1, 0.15) is 5.69 Å². The minimum Gasteiger partial charge on any atom is -0.351 e. The first kappa shape index (κ1) is 21.3. The van der Waals surface area contributed by atoms with Crippen molar-refractivity contribution in [1.82, 2.24) is 19.0 Å². The molecule has 0 bridgehead atoms. The fraction of sp³-hybridized carbons (Fsp3) is 0.400. The number of hydrogen-bond acceptors (Lipinski definition) is 8. The molecule has 0 fully saturated rings. The highest BCUT2D eigenvalue weighted by atomic mass is 32.2. The molecule has 0 aliphatic rings. The number of nitrogens with two attached hydrogens (primary N) is 1. The van der Waals surface area contributed by atoms with Crippen molar-refractivity contribution >= 4 is 38.2 Å². The van der Waals surface area contributed by atoms with Gasteiger partial charge in [-0.2, -0.15) is 0 Å². The number of rotatable bonds is 8. The highest BCUT2D eigenvalue weighted by molar-refractivity contribution is 7.91. The summed E-state index contributed by atoms with van der Waals surface area (Å²) in [5, 5.41) is 7.85. The molecule has 0 aliphatic heterocycles. The van der Waals surface area contributed by atoms with Crippen LogP contribution in [0.25, 0.3) is 0 Å². The van der Waals surface area contributed by atoms with E-state index in [0.29, 0.717) is 5.69 Å². The van der Waals surface area contributed by atoms with Crippen LogP contribution in [0.2, 0.25) is 0 Å². The van der Waals surface area contributed by atoms with Gasteiger partial charge in [0.2, 0.25) is 6.29 Å². The first-order valence-electron chi connectivity index (χ1n) is 7.76. The lowest BCUT2D eigenvalue weighted by molar-refractivity contribution is -0.106. The number of nitrogens with zero attached hydrogens (tertiary/aromatic N) is 4. The van der Waals surface area contributed by atoms with Crippen molar-refractivity contribution in [2.75, 3.05) is 34.9 Å². The lowest BCUT2D eigenvalue weighted by Crippen LogP contribution is -2.57. The minimum absolute atomic E-state index is 0.0526. The van der Waals surface area contributed by atoms with Crippen LogP contribution < -0.4 is 10.2 Å². The summed E-state index contributed by atoms with van der Waals surface area (Å²) in [6, 6.07) is 7.86. The Morgan fingerprint density at radius 2 is 1.81 bits per heavy atom. The van der Waals surface area contributed by atoms with Crippen molar-refractivity contribution < 1.29 is 22.7 Å². The smallest absolute Gasteiger partial charge is 0.351 e.